The molecule has 3 aromatic rings. The molecule has 2 aliphatic rings. The maximum Gasteiger partial charge on any atom is 0.173 e. The first kappa shape index (κ1) is 22.1. The first-order valence-corrected chi connectivity index (χ1v) is 11.9. The summed E-state index contributed by atoms with van der Waals surface area (Å²) in [5.74, 6) is 0.0693. The highest BCUT2D eigenvalue weighted by atomic mass is 19.1. The second-order valence-corrected chi connectivity index (χ2v) is 9.11. The van der Waals surface area contributed by atoms with Crippen LogP contribution in [-0.4, -0.2) is 62.2 Å². The molecule has 0 N–H and O–H groups in total. The normalized spacial score (nSPS) is 19.6. The lowest BCUT2D eigenvalue weighted by molar-refractivity contribution is 0.0613. The van der Waals surface area contributed by atoms with Gasteiger partial charge in [0.2, 0.25) is 0 Å². The fraction of sp³-hybridized carbons (Fsp3) is 0.480. The Bertz CT molecular complexity index is 1040. The molecule has 1 saturated heterocycles. The van der Waals surface area contributed by atoms with Gasteiger partial charge in [0, 0.05) is 37.8 Å². The quantitative estimate of drug-likeness (QED) is 0.565. The van der Waals surface area contributed by atoms with Crippen molar-refractivity contribution in [1.29, 1.82) is 0 Å². The predicted octanol–water partition coefficient (Wildman–Crippen LogP) is 4.04. The molecular formula is C25H30F2N6. The van der Waals surface area contributed by atoms with Crippen molar-refractivity contribution in [1.82, 2.24) is 30.0 Å². The van der Waals surface area contributed by atoms with Gasteiger partial charge in [-0.15, -0.1) is 5.10 Å². The average molecular weight is 453 g/mol. The zero-order valence-electron chi connectivity index (χ0n) is 18.8. The van der Waals surface area contributed by atoms with Crippen molar-refractivity contribution < 1.29 is 8.78 Å². The van der Waals surface area contributed by atoms with E-state index >= 15 is 4.39 Å². The molecule has 0 amide bonds. The molecule has 1 aliphatic heterocycles. The number of rotatable bonds is 6. The van der Waals surface area contributed by atoms with Gasteiger partial charge in [-0.1, -0.05) is 49.6 Å². The number of hydrogen-bond donors (Lipinski definition) is 0. The van der Waals surface area contributed by atoms with Crippen LogP contribution in [0.15, 0.2) is 48.5 Å². The summed E-state index contributed by atoms with van der Waals surface area (Å²) < 4.78 is 30.1. The summed E-state index contributed by atoms with van der Waals surface area (Å²) in [6, 6.07) is 13.5. The van der Waals surface area contributed by atoms with Crippen molar-refractivity contribution in [3.8, 4) is 0 Å². The highest BCUT2D eigenvalue weighted by molar-refractivity contribution is 5.27. The number of halogens is 2. The Hall–Kier alpha value is -2.71. The zero-order chi connectivity index (χ0) is 22.6. The molecule has 5 rings (SSSR count). The Morgan fingerprint density at radius 3 is 2.33 bits per heavy atom. The largest absolute Gasteiger partial charge is 0.298 e. The summed E-state index contributed by atoms with van der Waals surface area (Å²) in [4.78, 5) is 4.90. The molecule has 0 radical (unpaired) electrons. The van der Waals surface area contributed by atoms with Gasteiger partial charge < -0.3 is 0 Å². The summed E-state index contributed by atoms with van der Waals surface area (Å²) >= 11 is 0. The van der Waals surface area contributed by atoms with Crippen LogP contribution < -0.4 is 0 Å². The van der Waals surface area contributed by atoms with Crippen molar-refractivity contribution in [3.63, 3.8) is 0 Å². The van der Waals surface area contributed by atoms with Crippen molar-refractivity contribution in [2.24, 2.45) is 0 Å². The van der Waals surface area contributed by atoms with Gasteiger partial charge in [0.15, 0.2) is 5.82 Å². The molecule has 174 valence electrons. The van der Waals surface area contributed by atoms with Crippen LogP contribution in [0, 0.1) is 11.6 Å². The number of hydrogen-bond acceptors (Lipinski definition) is 5. The lowest BCUT2D eigenvalue weighted by Gasteiger charge is -2.43. The third-order valence-corrected chi connectivity index (χ3v) is 7.05. The van der Waals surface area contributed by atoms with E-state index in [4.69, 9.17) is 0 Å². The Labute approximate surface area is 193 Å². The van der Waals surface area contributed by atoms with Crippen molar-refractivity contribution >= 4 is 0 Å². The summed E-state index contributed by atoms with van der Waals surface area (Å²) in [6.07, 6.45) is 6.56. The third kappa shape index (κ3) is 4.96. The molecule has 8 heteroatoms. The Balaban J connectivity index is 1.40. The minimum atomic E-state index is -0.379. The Kier molecular flexibility index (Phi) is 6.73. The number of piperazine rings is 1. The fourth-order valence-electron chi connectivity index (χ4n) is 5.29. The van der Waals surface area contributed by atoms with E-state index in [1.807, 2.05) is 12.1 Å². The van der Waals surface area contributed by atoms with Gasteiger partial charge in [-0.3, -0.25) is 9.80 Å². The second kappa shape index (κ2) is 10.1. The third-order valence-electron chi connectivity index (χ3n) is 7.05. The summed E-state index contributed by atoms with van der Waals surface area (Å²) in [7, 11) is 0. The molecule has 33 heavy (non-hydrogen) atoms. The average Bonchev–Trinajstić information content (AvgIpc) is 3.30. The maximum absolute atomic E-state index is 15.0. The molecule has 1 unspecified atom stereocenters. The highest BCUT2D eigenvalue weighted by Gasteiger charge is 2.34. The molecule has 2 aromatic carbocycles. The van der Waals surface area contributed by atoms with Crippen LogP contribution in [-0.2, 0) is 6.54 Å². The predicted molar refractivity (Wildman–Crippen MR) is 122 cm³/mol. The topological polar surface area (TPSA) is 50.1 Å². The lowest BCUT2D eigenvalue weighted by Crippen LogP contribution is -2.52. The van der Waals surface area contributed by atoms with E-state index in [1.54, 1.807) is 22.9 Å². The number of tetrazole rings is 1. The monoisotopic (exact) mass is 452 g/mol. The zero-order valence-corrected chi connectivity index (χ0v) is 18.8. The standard InChI is InChI=1S/C25H30F2N6/c26-20-12-10-19(11-13-20)18-33-25(28-29-30-33)24(22-8-4-5-9-23(22)27)32-16-14-31(15-17-32)21-6-2-1-3-7-21/h4-5,8-13,21,24H,1-3,6-7,14-18H2. The van der Waals surface area contributed by atoms with Gasteiger partial charge in [0.25, 0.3) is 0 Å². The smallest absolute Gasteiger partial charge is 0.173 e. The fourth-order valence-corrected chi connectivity index (χ4v) is 5.29. The van der Waals surface area contributed by atoms with E-state index in [0.29, 0.717) is 24.0 Å². The lowest BCUT2D eigenvalue weighted by atomic mass is 9.93. The van der Waals surface area contributed by atoms with Crippen molar-refractivity contribution in [3.05, 3.63) is 77.1 Å². The number of benzene rings is 2. The molecule has 1 atom stereocenters. The van der Waals surface area contributed by atoms with Gasteiger partial charge in [0.05, 0.1) is 6.54 Å². The Morgan fingerprint density at radius 1 is 0.879 bits per heavy atom. The van der Waals surface area contributed by atoms with E-state index in [2.05, 4.69) is 25.3 Å². The molecule has 6 nitrogen and oxygen atoms in total. The van der Waals surface area contributed by atoms with Crippen LogP contribution in [0.4, 0.5) is 8.78 Å². The number of nitrogens with zero attached hydrogens (tertiary/aromatic N) is 6. The molecule has 2 fully saturated rings. The van der Waals surface area contributed by atoms with Crippen LogP contribution in [0.2, 0.25) is 0 Å². The van der Waals surface area contributed by atoms with Crippen LogP contribution in [0.25, 0.3) is 0 Å². The first-order valence-electron chi connectivity index (χ1n) is 11.9. The van der Waals surface area contributed by atoms with Crippen LogP contribution in [0.1, 0.15) is 55.1 Å². The van der Waals surface area contributed by atoms with E-state index < -0.39 is 0 Å². The summed E-state index contributed by atoms with van der Waals surface area (Å²) in [5, 5.41) is 12.5. The van der Waals surface area contributed by atoms with Crippen LogP contribution >= 0.6 is 0 Å². The SMILES string of the molecule is Fc1ccc(Cn2nnnc2C(c2ccccc2F)N2CCN(C3CCCCC3)CC2)cc1. The highest BCUT2D eigenvalue weighted by Crippen LogP contribution is 2.31. The van der Waals surface area contributed by atoms with Gasteiger partial charge >= 0.3 is 0 Å². The van der Waals surface area contributed by atoms with Gasteiger partial charge in [0.1, 0.15) is 17.7 Å². The summed E-state index contributed by atoms with van der Waals surface area (Å²) in [5.41, 5.74) is 1.47. The van der Waals surface area contributed by atoms with Crippen LogP contribution in [0.5, 0.6) is 0 Å². The molecular weight excluding hydrogens is 422 g/mol. The Morgan fingerprint density at radius 2 is 1.61 bits per heavy atom. The molecule has 0 bridgehead atoms. The van der Waals surface area contributed by atoms with Crippen molar-refractivity contribution in [2.75, 3.05) is 26.2 Å². The van der Waals surface area contributed by atoms with E-state index in [-0.39, 0.29) is 17.7 Å². The van der Waals surface area contributed by atoms with Gasteiger partial charge in [-0.05, 0) is 47.0 Å². The van der Waals surface area contributed by atoms with E-state index in [1.165, 1.54) is 50.3 Å². The molecule has 1 aromatic heterocycles. The van der Waals surface area contributed by atoms with Gasteiger partial charge in [-0.2, -0.15) is 0 Å². The van der Waals surface area contributed by atoms with E-state index in [9.17, 15) is 4.39 Å². The molecule has 1 aliphatic carbocycles. The van der Waals surface area contributed by atoms with Crippen LogP contribution in [0.3, 0.4) is 0 Å². The van der Waals surface area contributed by atoms with Crippen molar-refractivity contribution in [2.45, 2.75) is 50.7 Å². The summed E-state index contributed by atoms with van der Waals surface area (Å²) in [6.45, 7) is 4.00. The number of aromatic nitrogens is 4. The van der Waals surface area contributed by atoms with E-state index in [0.717, 1.165) is 31.7 Å². The second-order valence-electron chi connectivity index (χ2n) is 9.11. The minimum Gasteiger partial charge on any atom is -0.298 e. The maximum atomic E-state index is 15.0. The molecule has 2 heterocycles. The first-order chi connectivity index (χ1) is 16.2. The van der Waals surface area contributed by atoms with Gasteiger partial charge in [-0.25, -0.2) is 13.5 Å². The molecule has 0 spiro atoms. The molecule has 1 saturated carbocycles. The minimum absolute atomic E-state index is 0.256.